The molecule has 3 unspecified atom stereocenters. The Morgan fingerprint density at radius 1 is 1.17 bits per heavy atom. The Morgan fingerprint density at radius 2 is 1.67 bits per heavy atom. The van der Waals surface area contributed by atoms with Gasteiger partial charge in [0.2, 0.25) is 10.0 Å². The molecule has 0 fully saturated rings. The van der Waals surface area contributed by atoms with Crippen LogP contribution in [0.2, 0.25) is 0 Å². The van der Waals surface area contributed by atoms with Crippen molar-refractivity contribution in [2.45, 2.75) is 51.9 Å². The van der Waals surface area contributed by atoms with Crippen LogP contribution in [0.5, 0.6) is 0 Å². The lowest BCUT2D eigenvalue weighted by molar-refractivity contribution is -0.160. The average molecular weight is 402 g/mol. The van der Waals surface area contributed by atoms with Crippen LogP contribution in [0.1, 0.15) is 40.5 Å². The van der Waals surface area contributed by atoms with Gasteiger partial charge in [0, 0.05) is 19.3 Å². The lowest BCUT2D eigenvalue weighted by atomic mass is 10.3. The lowest BCUT2D eigenvalue weighted by Crippen LogP contribution is -2.38. The van der Waals surface area contributed by atoms with Crippen LogP contribution in [0.4, 0.5) is 0 Å². The van der Waals surface area contributed by atoms with Gasteiger partial charge in [-0.15, -0.1) is 4.08 Å². The molecule has 0 spiro atoms. The maximum Gasteiger partial charge on any atom is 0.397 e. The average Bonchev–Trinajstić information content (AvgIpc) is 2.50. The standard InChI is InChI=1S/C13H27N2O6PS2/c1-8-10(3)21-13(17)12(16)14(5)22(18,23-11(4)9-2)15(6)24(7,19)20/h10-11H,8-9H2,1-7H3. The minimum absolute atomic E-state index is 0.180. The zero-order valence-corrected chi connectivity index (χ0v) is 17.7. The van der Waals surface area contributed by atoms with Crippen LogP contribution in [0.3, 0.4) is 0 Å². The van der Waals surface area contributed by atoms with E-state index in [2.05, 4.69) is 0 Å². The predicted molar refractivity (Wildman–Crippen MR) is 96.2 cm³/mol. The maximum atomic E-state index is 13.3. The van der Waals surface area contributed by atoms with Gasteiger partial charge in [-0.25, -0.2) is 13.2 Å². The van der Waals surface area contributed by atoms with Crippen LogP contribution in [-0.2, 0) is 28.9 Å². The highest BCUT2D eigenvalue weighted by Gasteiger charge is 2.44. The first-order chi connectivity index (χ1) is 10.8. The molecule has 0 radical (unpaired) electrons. The molecule has 0 saturated carbocycles. The zero-order valence-electron chi connectivity index (χ0n) is 15.2. The summed E-state index contributed by atoms with van der Waals surface area (Å²) in [5, 5.41) is -0.180. The van der Waals surface area contributed by atoms with E-state index < -0.39 is 34.6 Å². The van der Waals surface area contributed by atoms with Gasteiger partial charge in [0.05, 0.1) is 12.4 Å². The summed E-state index contributed by atoms with van der Waals surface area (Å²) in [5.41, 5.74) is 0. The highest BCUT2D eigenvalue weighted by Crippen LogP contribution is 2.65. The lowest BCUT2D eigenvalue weighted by Gasteiger charge is -2.33. The third-order valence-corrected chi connectivity index (χ3v) is 12.3. The number of ether oxygens (including phenoxy) is 1. The van der Waals surface area contributed by atoms with Crippen LogP contribution < -0.4 is 0 Å². The largest absolute Gasteiger partial charge is 0.456 e. The Kier molecular flexibility index (Phi) is 9.00. The van der Waals surface area contributed by atoms with Crippen LogP contribution in [0.25, 0.3) is 0 Å². The van der Waals surface area contributed by atoms with E-state index >= 15 is 0 Å². The van der Waals surface area contributed by atoms with Crippen molar-refractivity contribution < 1.29 is 27.3 Å². The van der Waals surface area contributed by atoms with Crippen molar-refractivity contribution in [2.75, 3.05) is 20.4 Å². The van der Waals surface area contributed by atoms with Crippen molar-refractivity contribution in [2.24, 2.45) is 0 Å². The number of carbonyl (C=O) groups excluding carboxylic acids is 2. The van der Waals surface area contributed by atoms with E-state index in [0.29, 0.717) is 21.6 Å². The molecule has 3 atom stereocenters. The van der Waals surface area contributed by atoms with Gasteiger partial charge in [0.1, 0.15) is 0 Å². The topological polar surface area (TPSA) is 101 Å². The summed E-state index contributed by atoms with van der Waals surface area (Å²) in [6.07, 6.45) is 1.56. The molecule has 24 heavy (non-hydrogen) atoms. The fourth-order valence-corrected chi connectivity index (χ4v) is 9.13. The fraction of sp³-hybridized carbons (Fsp3) is 0.846. The molecule has 1 amide bonds. The minimum atomic E-state index is -3.91. The molecule has 0 aliphatic carbocycles. The molecule has 0 N–H and O–H groups in total. The monoisotopic (exact) mass is 402 g/mol. The molecule has 0 aliphatic heterocycles. The van der Waals surface area contributed by atoms with E-state index in [1.54, 1.807) is 20.8 Å². The van der Waals surface area contributed by atoms with Crippen molar-refractivity contribution >= 4 is 39.9 Å². The van der Waals surface area contributed by atoms with Gasteiger partial charge in [-0.3, -0.25) is 14.0 Å². The number of sulfonamides is 1. The molecule has 0 rings (SSSR count). The number of amides is 1. The van der Waals surface area contributed by atoms with Crippen LogP contribution in [0, 0.1) is 0 Å². The molecule has 0 bridgehead atoms. The maximum absolute atomic E-state index is 13.3. The molecular weight excluding hydrogens is 375 g/mol. The molecule has 142 valence electrons. The summed E-state index contributed by atoms with van der Waals surface area (Å²) in [6.45, 7) is 3.11. The number of esters is 1. The summed E-state index contributed by atoms with van der Waals surface area (Å²) >= 11 is 0.860. The van der Waals surface area contributed by atoms with E-state index in [4.69, 9.17) is 4.74 Å². The molecule has 0 aromatic rings. The van der Waals surface area contributed by atoms with Crippen LogP contribution in [-0.4, -0.2) is 60.7 Å². The van der Waals surface area contributed by atoms with E-state index in [1.165, 1.54) is 0 Å². The Balaban J connectivity index is 5.69. The van der Waals surface area contributed by atoms with Crippen molar-refractivity contribution in [3.8, 4) is 0 Å². The van der Waals surface area contributed by atoms with Crippen LogP contribution in [0.15, 0.2) is 0 Å². The second kappa shape index (κ2) is 9.22. The molecule has 0 saturated heterocycles. The van der Waals surface area contributed by atoms with Crippen molar-refractivity contribution in [3.63, 3.8) is 0 Å². The minimum Gasteiger partial charge on any atom is -0.456 e. The molecule has 11 heteroatoms. The van der Waals surface area contributed by atoms with Crippen LogP contribution >= 0.6 is 18.0 Å². The summed E-state index contributed by atoms with van der Waals surface area (Å²) in [6, 6.07) is 0. The smallest absolute Gasteiger partial charge is 0.397 e. The summed E-state index contributed by atoms with van der Waals surface area (Å²) < 4.78 is 43.3. The number of rotatable bonds is 8. The highest BCUT2D eigenvalue weighted by atomic mass is 32.7. The first-order valence-electron chi connectivity index (χ1n) is 7.53. The number of hydrogen-bond acceptors (Lipinski definition) is 7. The predicted octanol–water partition coefficient (Wildman–Crippen LogP) is 2.32. The van der Waals surface area contributed by atoms with E-state index in [0.717, 1.165) is 31.7 Å². The van der Waals surface area contributed by atoms with E-state index in [9.17, 15) is 22.6 Å². The van der Waals surface area contributed by atoms with E-state index in [1.807, 2.05) is 6.92 Å². The quantitative estimate of drug-likeness (QED) is 0.349. The third kappa shape index (κ3) is 6.06. The number of nitrogens with zero attached hydrogens (tertiary/aromatic N) is 2. The Hall–Kier alpha value is -0.570. The second-order valence-corrected chi connectivity index (χ2v) is 13.0. The summed E-state index contributed by atoms with van der Waals surface area (Å²) in [5.74, 6) is -2.29. The Morgan fingerprint density at radius 3 is 2.04 bits per heavy atom. The second-order valence-electron chi connectivity index (χ2n) is 5.47. The van der Waals surface area contributed by atoms with Gasteiger partial charge in [0.25, 0.3) is 0 Å². The third-order valence-electron chi connectivity index (χ3n) is 3.46. The molecule has 0 aliphatic rings. The summed E-state index contributed by atoms with van der Waals surface area (Å²) in [7, 11) is -1.56. The first-order valence-corrected chi connectivity index (χ1v) is 12.5. The van der Waals surface area contributed by atoms with Gasteiger partial charge in [-0.2, -0.15) is 0 Å². The van der Waals surface area contributed by atoms with Gasteiger partial charge >= 0.3 is 18.5 Å². The molecule has 0 heterocycles. The van der Waals surface area contributed by atoms with E-state index in [-0.39, 0.29) is 5.25 Å². The van der Waals surface area contributed by atoms with Gasteiger partial charge in [-0.05, 0) is 19.8 Å². The highest BCUT2D eigenvalue weighted by molar-refractivity contribution is 8.58. The SMILES string of the molecule is CCC(C)OC(=O)C(=O)N(C)P(=O)(SC(C)CC)N(C)S(C)(=O)=O. The molecular formula is C13H27N2O6PS2. The fourth-order valence-electron chi connectivity index (χ4n) is 1.39. The van der Waals surface area contributed by atoms with Gasteiger partial charge in [0.15, 0.2) is 0 Å². The molecule has 8 nitrogen and oxygen atoms in total. The van der Waals surface area contributed by atoms with Gasteiger partial charge in [-0.1, -0.05) is 32.2 Å². The van der Waals surface area contributed by atoms with Crippen molar-refractivity contribution in [1.29, 1.82) is 0 Å². The molecule has 0 aromatic carbocycles. The van der Waals surface area contributed by atoms with Crippen molar-refractivity contribution in [3.05, 3.63) is 0 Å². The Labute approximate surface area is 148 Å². The normalized spacial score (nSPS) is 17.0. The zero-order chi connectivity index (χ0) is 19.3. The number of hydrogen-bond donors (Lipinski definition) is 0. The van der Waals surface area contributed by atoms with Crippen molar-refractivity contribution in [1.82, 2.24) is 8.75 Å². The Bertz CT molecular complexity index is 610. The number of likely N-dealkylation sites (N-methyl/N-ethyl adjacent to an activating group) is 1. The summed E-state index contributed by atoms with van der Waals surface area (Å²) in [4.78, 5) is 24.2. The first kappa shape index (κ1) is 23.4. The number of carbonyl (C=O) groups is 2. The molecule has 0 aromatic heterocycles. The van der Waals surface area contributed by atoms with Gasteiger partial charge < -0.3 is 4.74 Å².